The third kappa shape index (κ3) is 3.16. The highest BCUT2D eigenvalue weighted by atomic mass is 15.1. The summed E-state index contributed by atoms with van der Waals surface area (Å²) < 4.78 is 0. The van der Waals surface area contributed by atoms with Gasteiger partial charge < -0.3 is 16.0 Å². The van der Waals surface area contributed by atoms with Crippen LogP contribution < -0.4 is 11.1 Å². The van der Waals surface area contributed by atoms with Crippen molar-refractivity contribution in [2.45, 2.75) is 25.8 Å². The number of rotatable bonds is 3. The highest BCUT2D eigenvalue weighted by Gasteiger charge is 2.18. The summed E-state index contributed by atoms with van der Waals surface area (Å²) in [6, 6.07) is 8.52. The first-order valence-electron chi connectivity index (χ1n) is 6.17. The number of likely N-dealkylation sites (tertiary alicyclic amines) is 1. The predicted octanol–water partition coefficient (Wildman–Crippen LogP) is 2.68. The summed E-state index contributed by atoms with van der Waals surface area (Å²) in [5.41, 5.74) is 8.82. The SMILES string of the molecule is C=C(C)N1CCC(Nc2ccc(N)cc2)CC1. The van der Waals surface area contributed by atoms with E-state index < -0.39 is 0 Å². The fourth-order valence-electron chi connectivity index (χ4n) is 2.22. The average molecular weight is 231 g/mol. The number of hydrogen-bond donors (Lipinski definition) is 2. The molecule has 3 N–H and O–H groups in total. The minimum absolute atomic E-state index is 0.564. The standard InChI is InChI=1S/C14H21N3/c1-11(2)17-9-7-14(8-10-17)16-13-5-3-12(15)4-6-13/h3-6,14,16H,1,7-10,15H2,2H3. The van der Waals surface area contributed by atoms with Crippen molar-refractivity contribution in [1.82, 2.24) is 4.90 Å². The zero-order valence-electron chi connectivity index (χ0n) is 10.4. The van der Waals surface area contributed by atoms with Crippen LogP contribution in [0.5, 0.6) is 0 Å². The minimum atomic E-state index is 0.564. The Morgan fingerprint density at radius 3 is 2.41 bits per heavy atom. The van der Waals surface area contributed by atoms with Gasteiger partial charge in [-0.1, -0.05) is 6.58 Å². The Kier molecular flexibility index (Phi) is 3.57. The van der Waals surface area contributed by atoms with Crippen LogP contribution >= 0.6 is 0 Å². The normalized spacial score (nSPS) is 16.9. The molecule has 1 aliphatic heterocycles. The second-order valence-electron chi connectivity index (χ2n) is 4.76. The number of nitrogens with one attached hydrogen (secondary N) is 1. The van der Waals surface area contributed by atoms with Gasteiger partial charge in [0.2, 0.25) is 0 Å². The fourth-order valence-corrected chi connectivity index (χ4v) is 2.22. The molecule has 0 unspecified atom stereocenters. The lowest BCUT2D eigenvalue weighted by Gasteiger charge is -2.34. The van der Waals surface area contributed by atoms with E-state index >= 15 is 0 Å². The first-order chi connectivity index (χ1) is 8.15. The van der Waals surface area contributed by atoms with Gasteiger partial charge >= 0.3 is 0 Å². The summed E-state index contributed by atoms with van der Waals surface area (Å²) in [6.45, 7) is 8.26. The van der Waals surface area contributed by atoms with E-state index in [1.54, 1.807) is 0 Å². The Balaban J connectivity index is 1.85. The molecule has 2 rings (SSSR count). The van der Waals surface area contributed by atoms with Gasteiger partial charge in [-0.05, 0) is 44.0 Å². The van der Waals surface area contributed by atoms with Gasteiger partial charge in [-0.2, -0.15) is 0 Å². The van der Waals surface area contributed by atoms with Gasteiger partial charge in [0, 0.05) is 36.2 Å². The van der Waals surface area contributed by atoms with Gasteiger partial charge in [-0.25, -0.2) is 0 Å². The molecule has 0 aliphatic carbocycles. The summed E-state index contributed by atoms with van der Waals surface area (Å²) >= 11 is 0. The molecule has 0 bridgehead atoms. The monoisotopic (exact) mass is 231 g/mol. The summed E-state index contributed by atoms with van der Waals surface area (Å²) in [5.74, 6) is 0. The van der Waals surface area contributed by atoms with Gasteiger partial charge in [0.15, 0.2) is 0 Å². The number of anilines is 2. The van der Waals surface area contributed by atoms with Crippen molar-refractivity contribution in [2.24, 2.45) is 0 Å². The Labute approximate surface area is 103 Å². The third-order valence-electron chi connectivity index (χ3n) is 3.32. The molecular weight excluding hydrogens is 210 g/mol. The molecule has 0 aromatic heterocycles. The Bertz CT molecular complexity index is 375. The number of nitrogens with zero attached hydrogens (tertiary/aromatic N) is 1. The number of benzene rings is 1. The maximum absolute atomic E-state index is 5.67. The molecule has 1 heterocycles. The van der Waals surface area contributed by atoms with Crippen LogP contribution in [0.15, 0.2) is 36.5 Å². The molecule has 3 nitrogen and oxygen atoms in total. The summed E-state index contributed by atoms with van der Waals surface area (Å²) in [6.07, 6.45) is 2.33. The lowest BCUT2D eigenvalue weighted by Crippen LogP contribution is -2.37. The largest absolute Gasteiger partial charge is 0.399 e. The molecular formula is C14H21N3. The van der Waals surface area contributed by atoms with Crippen molar-refractivity contribution >= 4 is 11.4 Å². The van der Waals surface area contributed by atoms with Crippen LogP contribution in [0.2, 0.25) is 0 Å². The lowest BCUT2D eigenvalue weighted by molar-refractivity contribution is 0.273. The molecule has 1 saturated heterocycles. The van der Waals surface area contributed by atoms with Crippen molar-refractivity contribution in [3.05, 3.63) is 36.5 Å². The zero-order chi connectivity index (χ0) is 12.3. The van der Waals surface area contributed by atoms with E-state index in [1.165, 1.54) is 5.70 Å². The molecule has 17 heavy (non-hydrogen) atoms. The second-order valence-corrected chi connectivity index (χ2v) is 4.76. The second kappa shape index (κ2) is 5.13. The third-order valence-corrected chi connectivity index (χ3v) is 3.32. The molecule has 1 fully saturated rings. The van der Waals surface area contributed by atoms with E-state index in [-0.39, 0.29) is 0 Å². The van der Waals surface area contributed by atoms with Crippen molar-refractivity contribution in [3.63, 3.8) is 0 Å². The van der Waals surface area contributed by atoms with Gasteiger partial charge in [0.1, 0.15) is 0 Å². The molecule has 92 valence electrons. The minimum Gasteiger partial charge on any atom is -0.399 e. The Morgan fingerprint density at radius 1 is 1.29 bits per heavy atom. The van der Waals surface area contributed by atoms with E-state index in [4.69, 9.17) is 5.73 Å². The molecule has 0 atom stereocenters. The number of hydrogen-bond acceptors (Lipinski definition) is 3. The van der Waals surface area contributed by atoms with Crippen molar-refractivity contribution in [2.75, 3.05) is 24.1 Å². The molecule has 1 aromatic carbocycles. The van der Waals surface area contributed by atoms with E-state index in [1.807, 2.05) is 24.3 Å². The Hall–Kier alpha value is -1.64. The summed E-state index contributed by atoms with van der Waals surface area (Å²) in [7, 11) is 0. The van der Waals surface area contributed by atoms with Crippen LogP contribution in [0, 0.1) is 0 Å². The van der Waals surface area contributed by atoms with Crippen LogP contribution in [0.4, 0.5) is 11.4 Å². The van der Waals surface area contributed by atoms with Crippen molar-refractivity contribution in [3.8, 4) is 0 Å². The van der Waals surface area contributed by atoms with Gasteiger partial charge in [0.05, 0.1) is 0 Å². The summed E-state index contributed by atoms with van der Waals surface area (Å²) in [5, 5.41) is 3.56. The lowest BCUT2D eigenvalue weighted by atomic mass is 10.0. The van der Waals surface area contributed by atoms with Crippen LogP contribution in [-0.2, 0) is 0 Å². The highest BCUT2D eigenvalue weighted by Crippen LogP contribution is 2.19. The fraction of sp³-hybridized carbons (Fsp3) is 0.429. The van der Waals surface area contributed by atoms with Crippen molar-refractivity contribution < 1.29 is 0 Å². The first-order valence-corrected chi connectivity index (χ1v) is 6.17. The first kappa shape index (κ1) is 11.8. The average Bonchev–Trinajstić information content (AvgIpc) is 2.33. The van der Waals surface area contributed by atoms with Crippen LogP contribution in [0.25, 0.3) is 0 Å². The maximum atomic E-state index is 5.67. The maximum Gasteiger partial charge on any atom is 0.0343 e. The molecule has 3 heteroatoms. The van der Waals surface area contributed by atoms with Crippen LogP contribution in [-0.4, -0.2) is 24.0 Å². The molecule has 1 aliphatic rings. The number of nitrogen functional groups attached to an aromatic ring is 1. The Morgan fingerprint density at radius 2 is 1.88 bits per heavy atom. The smallest absolute Gasteiger partial charge is 0.0343 e. The predicted molar refractivity (Wildman–Crippen MR) is 73.9 cm³/mol. The van der Waals surface area contributed by atoms with Crippen LogP contribution in [0.3, 0.4) is 0 Å². The topological polar surface area (TPSA) is 41.3 Å². The number of piperidine rings is 1. The summed E-state index contributed by atoms with van der Waals surface area (Å²) in [4.78, 5) is 2.35. The van der Waals surface area contributed by atoms with Crippen LogP contribution in [0.1, 0.15) is 19.8 Å². The zero-order valence-corrected chi connectivity index (χ0v) is 10.4. The highest BCUT2D eigenvalue weighted by molar-refractivity contribution is 5.51. The molecule has 0 saturated carbocycles. The van der Waals surface area contributed by atoms with Gasteiger partial charge in [0.25, 0.3) is 0 Å². The van der Waals surface area contributed by atoms with E-state index in [2.05, 4.69) is 23.7 Å². The molecule has 0 spiro atoms. The number of nitrogens with two attached hydrogens (primary N) is 1. The number of allylic oxidation sites excluding steroid dienone is 1. The molecule has 0 radical (unpaired) electrons. The molecule has 1 aromatic rings. The van der Waals surface area contributed by atoms with Gasteiger partial charge in [-0.3, -0.25) is 0 Å². The molecule has 0 amide bonds. The van der Waals surface area contributed by atoms with E-state index in [0.717, 1.165) is 37.3 Å². The quantitative estimate of drug-likeness (QED) is 0.786. The van der Waals surface area contributed by atoms with E-state index in [9.17, 15) is 0 Å². The van der Waals surface area contributed by atoms with Gasteiger partial charge in [-0.15, -0.1) is 0 Å². The van der Waals surface area contributed by atoms with E-state index in [0.29, 0.717) is 6.04 Å². The van der Waals surface area contributed by atoms with Crippen molar-refractivity contribution in [1.29, 1.82) is 0 Å².